The van der Waals surface area contributed by atoms with E-state index in [1.54, 1.807) is 13.0 Å². The zero-order valence-electron chi connectivity index (χ0n) is 20.3. The lowest BCUT2D eigenvalue weighted by molar-refractivity contribution is -0.116. The first kappa shape index (κ1) is 27.6. The van der Waals surface area contributed by atoms with Crippen LogP contribution in [0.1, 0.15) is 68.2 Å². The van der Waals surface area contributed by atoms with Crippen molar-refractivity contribution in [3.63, 3.8) is 0 Å². The minimum Gasteiger partial charge on any atom is -0.444 e. The Balaban J connectivity index is 5.35. The van der Waals surface area contributed by atoms with Crippen LogP contribution in [0, 0.1) is 0 Å². The van der Waals surface area contributed by atoms with Crippen LogP contribution >= 0.6 is 0 Å². The number of amides is 1. The maximum absolute atomic E-state index is 12.8. The first-order valence-electron chi connectivity index (χ1n) is 10.5. The topological polar surface area (TPSA) is 55.8 Å². The van der Waals surface area contributed by atoms with E-state index < -0.39 is 20.0 Å². The highest BCUT2D eigenvalue weighted by molar-refractivity contribution is 6.74. The molecule has 0 unspecified atom stereocenters. The van der Waals surface area contributed by atoms with E-state index in [4.69, 9.17) is 9.16 Å². The highest BCUT2D eigenvalue weighted by atomic mass is 28.4. The molecule has 0 bridgehead atoms. The fraction of sp³-hybridized carbons (Fsp3) is 0.739. The second-order valence-corrected chi connectivity index (χ2v) is 14.8. The lowest BCUT2D eigenvalue weighted by Gasteiger charge is -2.37. The van der Waals surface area contributed by atoms with E-state index in [9.17, 15) is 9.59 Å². The Morgan fingerprint density at radius 1 is 1.14 bits per heavy atom. The summed E-state index contributed by atoms with van der Waals surface area (Å²) in [5.74, 6) is -0.137. The molecule has 1 amide bonds. The summed E-state index contributed by atoms with van der Waals surface area (Å²) in [5, 5.41) is 0.139. The van der Waals surface area contributed by atoms with Crippen molar-refractivity contribution in [2.24, 2.45) is 0 Å². The van der Waals surface area contributed by atoms with Crippen LogP contribution in [0.3, 0.4) is 0 Å². The van der Waals surface area contributed by atoms with Gasteiger partial charge in [0.1, 0.15) is 5.60 Å². The number of hydrogen-bond acceptors (Lipinski definition) is 4. The molecule has 168 valence electrons. The van der Waals surface area contributed by atoms with Gasteiger partial charge in [0.25, 0.3) is 0 Å². The number of carbonyl (C=O) groups excluding carboxylic acids is 2. The highest BCUT2D eigenvalue weighted by Gasteiger charge is 2.37. The quantitative estimate of drug-likeness (QED) is 0.240. The van der Waals surface area contributed by atoms with Crippen molar-refractivity contribution in [1.29, 1.82) is 0 Å². The van der Waals surface area contributed by atoms with Crippen molar-refractivity contribution in [2.75, 3.05) is 13.2 Å². The van der Waals surface area contributed by atoms with Crippen LogP contribution in [-0.2, 0) is 14.0 Å². The van der Waals surface area contributed by atoms with Crippen molar-refractivity contribution in [3.8, 4) is 0 Å². The molecule has 6 heteroatoms. The van der Waals surface area contributed by atoms with Crippen molar-refractivity contribution < 1.29 is 18.8 Å². The van der Waals surface area contributed by atoms with Gasteiger partial charge in [0, 0.05) is 6.61 Å². The molecular weight excluding hydrogens is 382 g/mol. The van der Waals surface area contributed by atoms with Crippen molar-refractivity contribution in [3.05, 3.63) is 24.3 Å². The van der Waals surface area contributed by atoms with Gasteiger partial charge in [0.05, 0.1) is 12.6 Å². The van der Waals surface area contributed by atoms with Crippen molar-refractivity contribution in [1.82, 2.24) is 4.90 Å². The van der Waals surface area contributed by atoms with Crippen LogP contribution in [0.2, 0.25) is 18.1 Å². The molecule has 0 aromatic rings. The molecular formula is C23H43NO4Si. The maximum Gasteiger partial charge on any atom is 0.411 e. The summed E-state index contributed by atoms with van der Waals surface area (Å²) in [7, 11) is -1.84. The first-order valence-corrected chi connectivity index (χ1v) is 13.4. The smallest absolute Gasteiger partial charge is 0.411 e. The summed E-state index contributed by atoms with van der Waals surface area (Å²) < 4.78 is 11.8. The molecule has 0 fully saturated rings. The summed E-state index contributed by atoms with van der Waals surface area (Å²) in [4.78, 5) is 26.6. The van der Waals surface area contributed by atoms with Crippen LogP contribution in [0.4, 0.5) is 4.79 Å². The van der Waals surface area contributed by atoms with Crippen LogP contribution in [0.5, 0.6) is 0 Å². The van der Waals surface area contributed by atoms with Gasteiger partial charge in [-0.1, -0.05) is 45.9 Å². The van der Waals surface area contributed by atoms with Crippen molar-refractivity contribution in [2.45, 2.75) is 98.0 Å². The van der Waals surface area contributed by atoms with E-state index in [-0.39, 0.29) is 23.4 Å². The fourth-order valence-corrected chi connectivity index (χ4v) is 3.62. The predicted octanol–water partition coefficient (Wildman–Crippen LogP) is 6.12. The molecule has 0 aromatic carbocycles. The Bertz CT molecular complexity index is 597. The molecule has 5 nitrogen and oxygen atoms in total. The lowest BCUT2D eigenvalue weighted by Crippen LogP contribution is -2.46. The van der Waals surface area contributed by atoms with Gasteiger partial charge in [0.15, 0.2) is 14.1 Å². The van der Waals surface area contributed by atoms with E-state index in [1.807, 2.05) is 27.7 Å². The summed E-state index contributed by atoms with van der Waals surface area (Å²) in [6.07, 6.45) is 3.96. The van der Waals surface area contributed by atoms with Crippen molar-refractivity contribution >= 4 is 20.2 Å². The largest absolute Gasteiger partial charge is 0.444 e. The normalized spacial score (nSPS) is 14.0. The van der Waals surface area contributed by atoms with Gasteiger partial charge in [-0.15, -0.1) is 0 Å². The Labute approximate surface area is 179 Å². The predicted molar refractivity (Wildman–Crippen MR) is 124 cm³/mol. The number of allylic oxidation sites excluding steroid dienone is 1. The molecule has 0 aliphatic heterocycles. The summed E-state index contributed by atoms with van der Waals surface area (Å²) in [6, 6.07) is -0.276. The molecule has 0 spiro atoms. The van der Waals surface area contributed by atoms with Crippen LogP contribution in [0.25, 0.3) is 0 Å². The first-order chi connectivity index (χ1) is 13.1. The monoisotopic (exact) mass is 425 g/mol. The van der Waals surface area contributed by atoms with Gasteiger partial charge in [-0.05, 0) is 64.7 Å². The lowest BCUT2D eigenvalue weighted by atomic mass is 10.0. The fourth-order valence-electron chi connectivity index (χ4n) is 2.58. The van der Waals surface area contributed by atoms with Crippen LogP contribution < -0.4 is 0 Å². The van der Waals surface area contributed by atoms with Gasteiger partial charge in [0.2, 0.25) is 0 Å². The second-order valence-electron chi connectivity index (χ2n) is 10.0. The number of rotatable bonds is 10. The summed E-state index contributed by atoms with van der Waals surface area (Å²) in [5.41, 5.74) is 0.245. The Kier molecular flexibility index (Phi) is 10.6. The average Bonchev–Trinajstić information content (AvgIpc) is 2.51. The molecule has 0 N–H and O–H groups in total. The summed E-state index contributed by atoms with van der Waals surface area (Å²) >= 11 is 0. The van der Waals surface area contributed by atoms with Gasteiger partial charge >= 0.3 is 6.09 Å². The molecule has 0 radical (unpaired) electrons. The van der Waals surface area contributed by atoms with E-state index in [0.29, 0.717) is 19.4 Å². The number of carbonyl (C=O) groups is 2. The maximum atomic E-state index is 12.8. The number of ketones is 1. The third-order valence-corrected chi connectivity index (χ3v) is 9.77. The number of nitrogens with zero attached hydrogens (tertiary/aromatic N) is 1. The van der Waals surface area contributed by atoms with Crippen LogP contribution in [-0.4, -0.2) is 49.9 Å². The van der Waals surface area contributed by atoms with Gasteiger partial charge < -0.3 is 9.16 Å². The Morgan fingerprint density at radius 3 is 2.10 bits per heavy atom. The molecule has 1 atom stereocenters. The zero-order valence-corrected chi connectivity index (χ0v) is 21.3. The van der Waals surface area contributed by atoms with Crippen LogP contribution in [0.15, 0.2) is 24.3 Å². The van der Waals surface area contributed by atoms with Gasteiger partial charge in [-0.2, -0.15) is 0 Å². The number of hydrogen-bond donors (Lipinski definition) is 0. The SMILES string of the molecule is C=C(CCO[Si](C)(C)C(C)(C)C)[C@@H](CC)N(CC(=O)/C=C/C)C(=O)OC(C)(C)C. The minimum atomic E-state index is -1.84. The van der Waals surface area contributed by atoms with Gasteiger partial charge in [-0.25, -0.2) is 4.79 Å². The Morgan fingerprint density at radius 2 is 1.69 bits per heavy atom. The van der Waals surface area contributed by atoms with E-state index >= 15 is 0 Å². The molecule has 0 aromatic heterocycles. The molecule has 0 saturated carbocycles. The molecule has 0 saturated heterocycles. The number of ether oxygens (including phenoxy) is 1. The third kappa shape index (κ3) is 9.76. The molecule has 0 heterocycles. The molecule has 29 heavy (non-hydrogen) atoms. The highest BCUT2D eigenvalue weighted by Crippen LogP contribution is 2.36. The molecule has 0 aliphatic rings. The molecule has 0 aliphatic carbocycles. The molecule has 0 rings (SSSR count). The third-order valence-electron chi connectivity index (χ3n) is 5.23. The van der Waals surface area contributed by atoms with E-state index in [1.165, 1.54) is 11.0 Å². The Hall–Kier alpha value is -1.40. The summed E-state index contributed by atoms with van der Waals surface area (Å²) in [6.45, 7) is 25.0. The minimum absolute atomic E-state index is 0.0279. The second kappa shape index (κ2) is 11.1. The standard InChI is InChI=1S/C23H43NO4Si/c1-12-14-19(25)17-24(21(26)28-22(4,5)6)20(13-2)18(3)15-16-27-29(10,11)23(7,8)9/h12,14,20H,3,13,15-17H2,1-2,4-11H3/b14-12+/t20-/m1/s1. The van der Waals surface area contributed by atoms with Gasteiger partial charge in [-0.3, -0.25) is 9.69 Å². The van der Waals surface area contributed by atoms with E-state index in [0.717, 1.165) is 5.57 Å². The average molecular weight is 426 g/mol. The van der Waals surface area contributed by atoms with E-state index in [2.05, 4.69) is 40.4 Å². The zero-order chi connectivity index (χ0) is 23.0.